The fourth-order valence-electron chi connectivity index (χ4n) is 3.30. The highest BCUT2D eigenvalue weighted by molar-refractivity contribution is 5.76. The first-order valence-electron chi connectivity index (χ1n) is 8.73. The molecule has 28 heavy (non-hydrogen) atoms. The molecule has 2 atom stereocenters. The molecule has 1 aliphatic rings. The summed E-state index contributed by atoms with van der Waals surface area (Å²) in [7, 11) is 3.16. The largest absolute Gasteiger partial charge is 0.496 e. The van der Waals surface area contributed by atoms with Gasteiger partial charge in [0, 0.05) is 29.7 Å². The Kier molecular flexibility index (Phi) is 5.79. The SMILES string of the molecule is COc1ccc(OC)c2c1CC(C(=O)OCc1ccc([N+](=O)[O-])cc1)OC2C. The highest BCUT2D eigenvalue weighted by Crippen LogP contribution is 2.41. The second-order valence-corrected chi connectivity index (χ2v) is 6.36. The summed E-state index contributed by atoms with van der Waals surface area (Å²) in [4.78, 5) is 22.7. The van der Waals surface area contributed by atoms with Crippen LogP contribution in [0.15, 0.2) is 36.4 Å². The van der Waals surface area contributed by atoms with Gasteiger partial charge in [-0.05, 0) is 36.8 Å². The lowest BCUT2D eigenvalue weighted by Crippen LogP contribution is -2.34. The Bertz CT molecular complexity index is 879. The normalized spacial score (nSPS) is 18.1. The van der Waals surface area contributed by atoms with E-state index in [-0.39, 0.29) is 18.4 Å². The van der Waals surface area contributed by atoms with E-state index in [1.807, 2.05) is 13.0 Å². The predicted octanol–water partition coefficient (Wildman–Crippen LogP) is 3.36. The predicted molar refractivity (Wildman–Crippen MR) is 99.4 cm³/mol. The third kappa shape index (κ3) is 3.91. The molecule has 0 amide bonds. The summed E-state index contributed by atoms with van der Waals surface area (Å²) in [5, 5.41) is 10.7. The topological polar surface area (TPSA) is 97.1 Å². The third-order valence-corrected chi connectivity index (χ3v) is 4.67. The lowest BCUT2D eigenvalue weighted by molar-refractivity contribution is -0.384. The fourth-order valence-corrected chi connectivity index (χ4v) is 3.30. The van der Waals surface area contributed by atoms with Crippen molar-refractivity contribution in [3.8, 4) is 11.5 Å². The number of nitro groups is 1. The van der Waals surface area contributed by atoms with E-state index in [4.69, 9.17) is 18.9 Å². The number of carbonyl (C=O) groups excluding carboxylic acids is 1. The van der Waals surface area contributed by atoms with Gasteiger partial charge >= 0.3 is 5.97 Å². The number of nitro benzene ring substituents is 1. The van der Waals surface area contributed by atoms with Crippen molar-refractivity contribution >= 4 is 11.7 Å². The van der Waals surface area contributed by atoms with Crippen molar-refractivity contribution in [1.29, 1.82) is 0 Å². The van der Waals surface area contributed by atoms with Gasteiger partial charge in [0.2, 0.25) is 0 Å². The maximum Gasteiger partial charge on any atom is 0.335 e. The lowest BCUT2D eigenvalue weighted by atomic mass is 9.93. The zero-order valence-corrected chi connectivity index (χ0v) is 15.8. The molecule has 8 nitrogen and oxygen atoms in total. The van der Waals surface area contributed by atoms with E-state index in [1.165, 1.54) is 12.1 Å². The van der Waals surface area contributed by atoms with Crippen molar-refractivity contribution in [3.63, 3.8) is 0 Å². The molecule has 0 bridgehead atoms. The number of rotatable bonds is 6. The van der Waals surface area contributed by atoms with Crippen LogP contribution in [0.5, 0.6) is 11.5 Å². The Hall–Kier alpha value is -3.13. The number of non-ortho nitro benzene ring substituents is 1. The fraction of sp³-hybridized carbons (Fsp3) is 0.350. The van der Waals surface area contributed by atoms with Crippen LogP contribution >= 0.6 is 0 Å². The smallest absolute Gasteiger partial charge is 0.335 e. The number of fused-ring (bicyclic) bond motifs is 1. The molecule has 8 heteroatoms. The summed E-state index contributed by atoms with van der Waals surface area (Å²) in [5.74, 6) is 0.848. The molecule has 2 aromatic carbocycles. The summed E-state index contributed by atoms with van der Waals surface area (Å²) < 4.78 is 22.1. The molecule has 1 aliphatic heterocycles. The molecule has 1 heterocycles. The van der Waals surface area contributed by atoms with Crippen LogP contribution in [0.2, 0.25) is 0 Å². The molecule has 0 aromatic heterocycles. The summed E-state index contributed by atoms with van der Waals surface area (Å²) in [5.41, 5.74) is 2.36. The summed E-state index contributed by atoms with van der Waals surface area (Å²) in [6.07, 6.45) is -0.841. The van der Waals surface area contributed by atoms with Gasteiger partial charge in [-0.2, -0.15) is 0 Å². The van der Waals surface area contributed by atoms with Crippen molar-refractivity contribution < 1.29 is 28.7 Å². The highest BCUT2D eigenvalue weighted by atomic mass is 16.6. The van der Waals surface area contributed by atoms with Gasteiger partial charge in [-0.1, -0.05) is 0 Å². The minimum Gasteiger partial charge on any atom is -0.496 e. The third-order valence-electron chi connectivity index (χ3n) is 4.67. The quantitative estimate of drug-likeness (QED) is 0.426. The standard InChI is InChI=1S/C20H21NO7/c1-12-19-15(16(25-2)8-9-17(19)26-3)10-18(28-12)20(22)27-11-13-4-6-14(7-5-13)21(23)24/h4-9,12,18H,10-11H2,1-3H3. The number of hydrogen-bond donors (Lipinski definition) is 0. The maximum absolute atomic E-state index is 12.5. The molecule has 148 valence electrons. The number of ether oxygens (including phenoxy) is 4. The Balaban J connectivity index is 1.71. The van der Waals surface area contributed by atoms with Crippen LogP contribution in [0, 0.1) is 10.1 Å². The van der Waals surface area contributed by atoms with Crippen LogP contribution in [0.1, 0.15) is 29.7 Å². The monoisotopic (exact) mass is 387 g/mol. The van der Waals surface area contributed by atoms with Gasteiger partial charge in [0.05, 0.1) is 25.2 Å². The van der Waals surface area contributed by atoms with E-state index >= 15 is 0 Å². The average molecular weight is 387 g/mol. The first kappa shape index (κ1) is 19.6. The zero-order chi connectivity index (χ0) is 20.3. The summed E-state index contributed by atoms with van der Waals surface area (Å²) in [6.45, 7) is 1.85. The summed E-state index contributed by atoms with van der Waals surface area (Å²) in [6, 6.07) is 9.46. The summed E-state index contributed by atoms with van der Waals surface area (Å²) >= 11 is 0. The molecule has 0 N–H and O–H groups in total. The molecule has 0 saturated carbocycles. The molecule has 0 fully saturated rings. The van der Waals surface area contributed by atoms with E-state index in [0.29, 0.717) is 23.5 Å². The van der Waals surface area contributed by atoms with Gasteiger partial charge in [-0.3, -0.25) is 10.1 Å². The Morgan fingerprint density at radius 1 is 1.14 bits per heavy atom. The first-order chi connectivity index (χ1) is 13.4. The van der Waals surface area contributed by atoms with Crippen molar-refractivity contribution in [3.05, 3.63) is 63.2 Å². The molecule has 0 saturated heterocycles. The van der Waals surface area contributed by atoms with Crippen molar-refractivity contribution in [2.75, 3.05) is 14.2 Å². The number of carbonyl (C=O) groups is 1. The maximum atomic E-state index is 12.5. The van der Waals surface area contributed by atoms with E-state index < -0.39 is 17.0 Å². The van der Waals surface area contributed by atoms with Gasteiger partial charge in [-0.15, -0.1) is 0 Å². The Morgan fingerprint density at radius 3 is 2.39 bits per heavy atom. The minimum absolute atomic E-state index is 0.00711. The first-order valence-corrected chi connectivity index (χ1v) is 8.73. The van der Waals surface area contributed by atoms with Gasteiger partial charge in [0.25, 0.3) is 5.69 Å². The Labute approximate surface area is 162 Å². The second kappa shape index (κ2) is 8.26. The van der Waals surface area contributed by atoms with Crippen molar-refractivity contribution in [1.82, 2.24) is 0 Å². The molecule has 2 aromatic rings. The van der Waals surface area contributed by atoms with Crippen LogP contribution in [0.3, 0.4) is 0 Å². The van der Waals surface area contributed by atoms with Gasteiger partial charge < -0.3 is 18.9 Å². The molecule has 2 unspecified atom stereocenters. The average Bonchev–Trinajstić information content (AvgIpc) is 2.71. The second-order valence-electron chi connectivity index (χ2n) is 6.36. The molecular weight excluding hydrogens is 366 g/mol. The van der Waals surface area contributed by atoms with E-state index in [9.17, 15) is 14.9 Å². The molecule has 0 aliphatic carbocycles. The van der Waals surface area contributed by atoms with Crippen molar-refractivity contribution in [2.24, 2.45) is 0 Å². The zero-order valence-electron chi connectivity index (χ0n) is 15.8. The van der Waals surface area contributed by atoms with Gasteiger partial charge in [0.15, 0.2) is 6.10 Å². The number of benzene rings is 2. The van der Waals surface area contributed by atoms with Crippen LogP contribution in [0.4, 0.5) is 5.69 Å². The number of methoxy groups -OCH3 is 2. The molecule has 3 rings (SSSR count). The van der Waals surface area contributed by atoms with Gasteiger partial charge in [0.1, 0.15) is 18.1 Å². The minimum atomic E-state index is -0.776. The number of hydrogen-bond acceptors (Lipinski definition) is 7. The highest BCUT2D eigenvalue weighted by Gasteiger charge is 2.34. The van der Waals surface area contributed by atoms with Crippen LogP contribution < -0.4 is 9.47 Å². The Morgan fingerprint density at radius 2 is 1.79 bits per heavy atom. The molecular formula is C20H21NO7. The van der Waals surface area contributed by atoms with Crippen molar-refractivity contribution in [2.45, 2.75) is 32.2 Å². The van der Waals surface area contributed by atoms with Crippen LogP contribution in [0.25, 0.3) is 0 Å². The number of esters is 1. The number of nitrogens with zero attached hydrogens (tertiary/aromatic N) is 1. The van der Waals surface area contributed by atoms with E-state index in [1.54, 1.807) is 32.4 Å². The van der Waals surface area contributed by atoms with E-state index in [0.717, 1.165) is 11.1 Å². The van der Waals surface area contributed by atoms with Crippen LogP contribution in [-0.2, 0) is 27.3 Å². The van der Waals surface area contributed by atoms with E-state index in [2.05, 4.69) is 0 Å². The molecule has 0 spiro atoms. The van der Waals surface area contributed by atoms with Gasteiger partial charge in [-0.25, -0.2) is 4.79 Å². The lowest BCUT2D eigenvalue weighted by Gasteiger charge is -2.31. The van der Waals surface area contributed by atoms with Crippen LogP contribution in [-0.4, -0.2) is 31.2 Å². The molecule has 0 radical (unpaired) electrons.